The van der Waals surface area contributed by atoms with Crippen LogP contribution in [0.2, 0.25) is 0 Å². The Bertz CT molecular complexity index is 807. The van der Waals surface area contributed by atoms with E-state index in [9.17, 15) is 9.59 Å². The molecule has 29 heavy (non-hydrogen) atoms. The summed E-state index contributed by atoms with van der Waals surface area (Å²) in [5.41, 5.74) is 2.68. The van der Waals surface area contributed by atoms with E-state index in [1.807, 2.05) is 4.90 Å². The molecule has 2 heterocycles. The van der Waals surface area contributed by atoms with Gasteiger partial charge in [0, 0.05) is 19.0 Å². The van der Waals surface area contributed by atoms with E-state index in [1.165, 1.54) is 11.1 Å². The molecule has 1 aromatic rings. The minimum atomic E-state index is -0.217. The molecule has 0 aromatic heterocycles. The smallest absolute Gasteiger partial charge is 0.223 e. The number of likely N-dealkylation sites (tertiary alicyclic amines) is 2. The lowest BCUT2D eigenvalue weighted by atomic mass is 9.60. The van der Waals surface area contributed by atoms with Gasteiger partial charge in [0.15, 0.2) is 5.78 Å². The predicted molar refractivity (Wildman–Crippen MR) is 113 cm³/mol. The molecule has 158 valence electrons. The molecule has 2 saturated heterocycles. The summed E-state index contributed by atoms with van der Waals surface area (Å²) in [7, 11) is 3.92. The molecule has 0 saturated carbocycles. The monoisotopic (exact) mass is 398 g/mol. The van der Waals surface area contributed by atoms with E-state index in [0.717, 1.165) is 50.9 Å². The van der Waals surface area contributed by atoms with E-state index in [1.54, 1.807) is 14.0 Å². The van der Waals surface area contributed by atoms with Crippen LogP contribution >= 0.6 is 0 Å². The third kappa shape index (κ3) is 3.48. The van der Waals surface area contributed by atoms with Crippen LogP contribution < -0.4 is 4.74 Å². The Morgan fingerprint density at radius 3 is 2.76 bits per heavy atom. The number of likely N-dealkylation sites (N-methyl/N-ethyl adjacent to an activating group) is 1. The molecule has 2 aliphatic heterocycles. The van der Waals surface area contributed by atoms with Crippen LogP contribution in [0.15, 0.2) is 18.2 Å². The highest BCUT2D eigenvalue weighted by atomic mass is 16.5. The molecule has 4 rings (SSSR count). The van der Waals surface area contributed by atoms with Crippen LogP contribution in [0.1, 0.15) is 57.1 Å². The second-order valence-corrected chi connectivity index (χ2v) is 9.46. The molecule has 1 aliphatic carbocycles. The quantitative estimate of drug-likeness (QED) is 0.782. The van der Waals surface area contributed by atoms with Gasteiger partial charge in [-0.25, -0.2) is 0 Å². The predicted octanol–water partition coefficient (Wildman–Crippen LogP) is 3.19. The molecular weight excluding hydrogens is 364 g/mol. The van der Waals surface area contributed by atoms with E-state index in [4.69, 9.17) is 4.74 Å². The number of hydrogen-bond acceptors (Lipinski definition) is 4. The first-order valence-corrected chi connectivity index (χ1v) is 11.0. The summed E-state index contributed by atoms with van der Waals surface area (Å²) >= 11 is 0. The van der Waals surface area contributed by atoms with Gasteiger partial charge in [-0.2, -0.15) is 0 Å². The fraction of sp³-hybridized carbons (Fsp3) is 0.667. The van der Waals surface area contributed by atoms with Crippen molar-refractivity contribution >= 4 is 11.7 Å². The Balaban J connectivity index is 1.69. The summed E-state index contributed by atoms with van der Waals surface area (Å²) in [6.07, 6.45) is 5.44. The van der Waals surface area contributed by atoms with Gasteiger partial charge in [-0.1, -0.05) is 13.0 Å². The third-order valence-corrected chi connectivity index (χ3v) is 7.85. The largest absolute Gasteiger partial charge is 0.497 e. The minimum absolute atomic E-state index is 0.0569. The van der Waals surface area contributed by atoms with Gasteiger partial charge in [0.2, 0.25) is 5.91 Å². The van der Waals surface area contributed by atoms with Gasteiger partial charge in [-0.05, 0) is 87.2 Å². The van der Waals surface area contributed by atoms with Crippen LogP contribution in [-0.4, -0.2) is 60.8 Å². The number of ketones is 1. The highest BCUT2D eigenvalue weighted by molar-refractivity contribution is 5.88. The van der Waals surface area contributed by atoms with Crippen molar-refractivity contribution in [3.8, 4) is 5.75 Å². The molecule has 0 N–H and O–H groups in total. The van der Waals surface area contributed by atoms with Crippen molar-refractivity contribution in [2.24, 2.45) is 5.92 Å². The fourth-order valence-corrected chi connectivity index (χ4v) is 6.18. The molecule has 0 radical (unpaired) electrons. The molecule has 5 heteroatoms. The number of carbonyl (C=O) groups excluding carboxylic acids is 2. The molecule has 2 fully saturated rings. The van der Waals surface area contributed by atoms with Crippen molar-refractivity contribution < 1.29 is 14.3 Å². The number of methoxy groups -OCH3 is 1. The van der Waals surface area contributed by atoms with Crippen LogP contribution in [0.3, 0.4) is 0 Å². The molecule has 1 aromatic carbocycles. The number of fused-ring (bicyclic) bond motifs is 4. The highest BCUT2D eigenvalue weighted by Crippen LogP contribution is 2.50. The number of Topliss-reactive ketones (excluding diaryl/α,β-unsaturated/α-hetero) is 1. The molecule has 0 spiro atoms. The standard InChI is InChI=1S/C24H34N2O3/c1-16(27)21-7-5-12-26(21)23(28)15-20-22-13-17-8-9-18(29-4)14-19(17)24(20,2)10-6-11-25(22)3/h8-9,14,20-22H,5-7,10-13,15H2,1-4H3/t20-,21-,22?,24+/m0/s1. The van der Waals surface area contributed by atoms with E-state index in [2.05, 4.69) is 37.1 Å². The Kier molecular flexibility index (Phi) is 5.45. The Labute approximate surface area is 174 Å². The van der Waals surface area contributed by atoms with Crippen molar-refractivity contribution in [3.05, 3.63) is 29.3 Å². The second kappa shape index (κ2) is 7.75. The van der Waals surface area contributed by atoms with Crippen molar-refractivity contribution in [1.29, 1.82) is 0 Å². The Morgan fingerprint density at radius 2 is 2.03 bits per heavy atom. The average molecular weight is 399 g/mol. The van der Waals surface area contributed by atoms with Crippen molar-refractivity contribution in [2.75, 3.05) is 27.2 Å². The van der Waals surface area contributed by atoms with Gasteiger partial charge < -0.3 is 14.5 Å². The number of hydrogen-bond donors (Lipinski definition) is 0. The van der Waals surface area contributed by atoms with Gasteiger partial charge in [-0.3, -0.25) is 9.59 Å². The zero-order chi connectivity index (χ0) is 20.8. The van der Waals surface area contributed by atoms with E-state index in [0.29, 0.717) is 12.5 Å². The van der Waals surface area contributed by atoms with Crippen molar-refractivity contribution in [1.82, 2.24) is 9.80 Å². The topological polar surface area (TPSA) is 49.9 Å². The fourth-order valence-electron chi connectivity index (χ4n) is 6.18. The summed E-state index contributed by atoms with van der Waals surface area (Å²) in [6, 6.07) is 6.60. The number of amides is 1. The van der Waals surface area contributed by atoms with Gasteiger partial charge in [0.1, 0.15) is 5.75 Å². The maximum absolute atomic E-state index is 13.4. The lowest BCUT2D eigenvalue weighted by molar-refractivity contribution is -0.138. The van der Waals surface area contributed by atoms with Crippen LogP contribution in [0.4, 0.5) is 0 Å². The number of rotatable bonds is 4. The zero-order valence-electron chi connectivity index (χ0n) is 18.2. The normalized spacial score (nSPS) is 31.9. The molecule has 3 aliphatic rings. The number of ether oxygens (including phenoxy) is 1. The lowest BCUT2D eigenvalue weighted by Gasteiger charge is -2.48. The SMILES string of the molecule is COc1ccc2c(c1)[C@@]1(C)CCCN(C)C(C2)[C@@H]1CC(=O)N1CCC[C@H]1C(C)=O. The molecule has 1 unspecified atom stereocenters. The Morgan fingerprint density at radius 1 is 1.24 bits per heavy atom. The molecular formula is C24H34N2O3. The number of carbonyl (C=O) groups is 2. The van der Waals surface area contributed by atoms with Gasteiger partial charge in [0.05, 0.1) is 13.2 Å². The van der Waals surface area contributed by atoms with Crippen molar-refractivity contribution in [3.63, 3.8) is 0 Å². The summed E-state index contributed by atoms with van der Waals surface area (Å²) in [5.74, 6) is 1.42. The highest BCUT2D eigenvalue weighted by Gasteiger charge is 2.49. The van der Waals surface area contributed by atoms with E-state index in [-0.39, 0.29) is 29.1 Å². The maximum Gasteiger partial charge on any atom is 0.223 e. The first-order valence-electron chi connectivity index (χ1n) is 11.0. The van der Waals surface area contributed by atoms with Gasteiger partial charge in [-0.15, -0.1) is 0 Å². The summed E-state index contributed by atoms with van der Waals surface area (Å²) in [4.78, 5) is 29.7. The molecule has 1 amide bonds. The van der Waals surface area contributed by atoms with Crippen LogP contribution in [0.5, 0.6) is 5.75 Å². The van der Waals surface area contributed by atoms with E-state index >= 15 is 0 Å². The first-order chi connectivity index (χ1) is 13.8. The summed E-state index contributed by atoms with van der Waals surface area (Å²) < 4.78 is 5.53. The number of benzene rings is 1. The first kappa shape index (κ1) is 20.4. The van der Waals surface area contributed by atoms with Crippen LogP contribution in [-0.2, 0) is 21.4 Å². The minimum Gasteiger partial charge on any atom is -0.497 e. The summed E-state index contributed by atoms with van der Waals surface area (Å²) in [5, 5.41) is 0. The lowest BCUT2D eigenvalue weighted by Crippen LogP contribution is -2.52. The van der Waals surface area contributed by atoms with Crippen molar-refractivity contribution in [2.45, 2.75) is 69.9 Å². The molecule has 5 nitrogen and oxygen atoms in total. The maximum atomic E-state index is 13.4. The van der Waals surface area contributed by atoms with Crippen LogP contribution in [0, 0.1) is 5.92 Å². The number of nitrogens with zero attached hydrogens (tertiary/aromatic N) is 2. The van der Waals surface area contributed by atoms with Gasteiger partial charge >= 0.3 is 0 Å². The van der Waals surface area contributed by atoms with Gasteiger partial charge in [0.25, 0.3) is 0 Å². The summed E-state index contributed by atoms with van der Waals surface area (Å²) in [6.45, 7) is 5.75. The zero-order valence-corrected chi connectivity index (χ0v) is 18.2. The van der Waals surface area contributed by atoms with Crippen LogP contribution in [0.25, 0.3) is 0 Å². The second-order valence-electron chi connectivity index (χ2n) is 9.46. The third-order valence-electron chi connectivity index (χ3n) is 7.85. The molecule has 2 bridgehead atoms. The van der Waals surface area contributed by atoms with E-state index < -0.39 is 0 Å². The Hall–Kier alpha value is -1.88. The molecule has 4 atom stereocenters. The average Bonchev–Trinajstić information content (AvgIpc) is 3.17.